The molecule has 0 saturated heterocycles. The van der Waals surface area contributed by atoms with E-state index in [-0.39, 0.29) is 11.9 Å². The lowest BCUT2D eigenvalue weighted by Gasteiger charge is -2.19. The molecular weight excluding hydrogens is 368 g/mol. The molecule has 3 N–H and O–H groups in total. The molecule has 1 aliphatic rings. The Morgan fingerprint density at radius 2 is 2.33 bits per heavy atom. The predicted octanol–water partition coefficient (Wildman–Crippen LogP) is 2.20. The zero-order valence-electron chi connectivity index (χ0n) is 14.4. The number of halogens is 1. The summed E-state index contributed by atoms with van der Waals surface area (Å²) in [5, 5.41) is 7.65. The fourth-order valence-electron chi connectivity index (χ4n) is 2.94. The van der Waals surface area contributed by atoms with Crippen LogP contribution in [0.15, 0.2) is 54.8 Å². The molecule has 3 aromatic rings. The first-order valence-electron chi connectivity index (χ1n) is 8.40. The average molecular weight is 385 g/mol. The van der Waals surface area contributed by atoms with Gasteiger partial charge in [0.25, 0.3) is 5.91 Å². The molecule has 0 saturated carbocycles. The van der Waals surface area contributed by atoms with Gasteiger partial charge in [0, 0.05) is 29.2 Å². The minimum atomic E-state index is -0.330. The molecule has 8 nitrogen and oxygen atoms in total. The van der Waals surface area contributed by atoms with Gasteiger partial charge < -0.3 is 15.5 Å². The second kappa shape index (κ2) is 7.26. The second-order valence-electron chi connectivity index (χ2n) is 5.84. The van der Waals surface area contributed by atoms with E-state index in [0.29, 0.717) is 34.3 Å². The number of amides is 1. The number of ether oxygens (including phenoxy) is 1. The molecule has 27 heavy (non-hydrogen) atoms. The van der Waals surface area contributed by atoms with Crippen LogP contribution in [0, 0.1) is 0 Å². The highest BCUT2D eigenvalue weighted by atomic mass is 35.5. The van der Waals surface area contributed by atoms with Crippen molar-refractivity contribution in [2.24, 2.45) is 0 Å². The maximum absolute atomic E-state index is 12.8. The van der Waals surface area contributed by atoms with E-state index in [4.69, 9.17) is 16.3 Å². The van der Waals surface area contributed by atoms with Gasteiger partial charge in [-0.15, -0.1) is 0 Å². The van der Waals surface area contributed by atoms with Crippen molar-refractivity contribution in [2.75, 3.05) is 6.61 Å². The van der Waals surface area contributed by atoms with E-state index >= 15 is 0 Å². The highest BCUT2D eigenvalue weighted by Gasteiger charge is 2.27. The number of aromatic nitrogens is 3. The molecule has 0 radical (unpaired) electrons. The lowest BCUT2D eigenvalue weighted by Crippen LogP contribution is -2.31. The Bertz CT molecular complexity index is 1030. The molecule has 1 amide bonds. The maximum atomic E-state index is 12.8. The first kappa shape index (κ1) is 17.3. The number of hydrazine groups is 1. The smallest absolute Gasteiger partial charge is 0.261 e. The quantitative estimate of drug-likeness (QED) is 0.624. The molecule has 1 aromatic carbocycles. The van der Waals surface area contributed by atoms with E-state index < -0.39 is 0 Å². The van der Waals surface area contributed by atoms with Crippen molar-refractivity contribution in [2.45, 2.75) is 13.0 Å². The normalized spacial score (nSPS) is 16.1. The highest BCUT2D eigenvalue weighted by molar-refractivity contribution is 6.30. The van der Waals surface area contributed by atoms with Crippen molar-refractivity contribution in [3.05, 3.63) is 70.9 Å². The number of carbonyl (C=O) groups is 1. The first-order valence-corrected chi connectivity index (χ1v) is 8.78. The summed E-state index contributed by atoms with van der Waals surface area (Å²) in [7, 11) is 0. The summed E-state index contributed by atoms with van der Waals surface area (Å²) in [6.45, 7) is 2.43. The van der Waals surface area contributed by atoms with E-state index in [1.807, 2.05) is 19.1 Å². The number of hydrogen-bond donors (Lipinski definition) is 3. The van der Waals surface area contributed by atoms with Crippen molar-refractivity contribution in [1.82, 2.24) is 30.8 Å². The molecular formula is C18H17ClN6O2. The Morgan fingerprint density at radius 3 is 3.19 bits per heavy atom. The van der Waals surface area contributed by atoms with Crippen LogP contribution in [0.1, 0.15) is 28.9 Å². The number of benzene rings is 1. The summed E-state index contributed by atoms with van der Waals surface area (Å²) in [5.74, 6) is 0.395. The third-order valence-electron chi connectivity index (χ3n) is 4.13. The molecule has 1 aliphatic heterocycles. The monoisotopic (exact) mass is 384 g/mol. The molecule has 0 fully saturated rings. The maximum Gasteiger partial charge on any atom is 0.261 e. The van der Waals surface area contributed by atoms with E-state index in [1.165, 1.54) is 6.20 Å². The van der Waals surface area contributed by atoms with Gasteiger partial charge in [-0.3, -0.25) is 4.79 Å². The zero-order valence-corrected chi connectivity index (χ0v) is 15.2. The van der Waals surface area contributed by atoms with Crippen LogP contribution in [0.25, 0.3) is 5.65 Å². The lowest BCUT2D eigenvalue weighted by molar-refractivity contribution is 0.0965. The highest BCUT2D eigenvalue weighted by Crippen LogP contribution is 2.33. The molecule has 9 heteroatoms. The summed E-state index contributed by atoms with van der Waals surface area (Å²) in [5.41, 5.74) is 8.37. The number of nitrogens with zero attached hydrogens (tertiary/aromatic N) is 3. The number of carbonyl (C=O) groups excluding carboxylic acids is 1. The fraction of sp³-hybridized carbons (Fsp3) is 0.167. The van der Waals surface area contributed by atoms with Gasteiger partial charge in [-0.25, -0.2) is 14.9 Å². The van der Waals surface area contributed by atoms with Crippen molar-refractivity contribution in [3.8, 4) is 5.75 Å². The Balaban J connectivity index is 1.61. The van der Waals surface area contributed by atoms with Crippen molar-refractivity contribution < 1.29 is 9.53 Å². The van der Waals surface area contributed by atoms with Crippen LogP contribution in [0.5, 0.6) is 5.75 Å². The first-order chi connectivity index (χ1) is 13.2. The predicted molar refractivity (Wildman–Crippen MR) is 100 cm³/mol. The van der Waals surface area contributed by atoms with E-state index in [1.54, 1.807) is 35.2 Å². The van der Waals surface area contributed by atoms with Crippen LogP contribution >= 0.6 is 11.6 Å². The van der Waals surface area contributed by atoms with Crippen LogP contribution in [-0.4, -0.2) is 27.1 Å². The third kappa shape index (κ3) is 3.32. The van der Waals surface area contributed by atoms with Crippen LogP contribution in [0.2, 0.25) is 5.02 Å². The van der Waals surface area contributed by atoms with Gasteiger partial charge >= 0.3 is 0 Å². The lowest BCUT2D eigenvalue weighted by atomic mass is 10.0. The Kier molecular flexibility index (Phi) is 4.66. The van der Waals surface area contributed by atoms with Crippen LogP contribution in [-0.2, 0) is 0 Å². The zero-order chi connectivity index (χ0) is 18.8. The summed E-state index contributed by atoms with van der Waals surface area (Å²) in [6, 6.07) is 6.82. The fourth-order valence-corrected chi connectivity index (χ4v) is 3.12. The van der Waals surface area contributed by atoms with E-state index in [0.717, 1.165) is 5.56 Å². The Hall–Kier alpha value is -3.10. The van der Waals surface area contributed by atoms with Crippen molar-refractivity contribution in [3.63, 3.8) is 0 Å². The van der Waals surface area contributed by atoms with Gasteiger partial charge in [0.15, 0.2) is 5.65 Å². The molecule has 2 aromatic heterocycles. The topological polar surface area (TPSA) is 92.6 Å². The van der Waals surface area contributed by atoms with Gasteiger partial charge in [0.05, 0.1) is 24.5 Å². The molecule has 0 spiro atoms. The largest absolute Gasteiger partial charge is 0.494 e. The average Bonchev–Trinajstić information content (AvgIpc) is 3.30. The van der Waals surface area contributed by atoms with Crippen molar-refractivity contribution >= 4 is 23.2 Å². The van der Waals surface area contributed by atoms with E-state index in [9.17, 15) is 4.79 Å². The molecule has 0 bridgehead atoms. The summed E-state index contributed by atoms with van der Waals surface area (Å²) >= 11 is 6.17. The SMILES string of the molecule is CCOc1ccc(Cl)cc1C1NNC=C1NC(=O)c1cnn2cccnc12. The molecule has 4 rings (SSSR count). The van der Waals surface area contributed by atoms with Crippen LogP contribution < -0.4 is 20.9 Å². The number of nitrogens with one attached hydrogen (secondary N) is 3. The number of fused-ring (bicyclic) bond motifs is 1. The standard InChI is InChI=1S/C18H17ClN6O2/c1-2-27-15-5-4-11(19)8-12(15)16-14(10-21-24-16)23-18(26)13-9-22-25-7-3-6-20-17(13)25/h3-10,16,21,24H,2H2,1H3,(H,23,26). The third-order valence-corrected chi connectivity index (χ3v) is 4.37. The molecule has 1 unspecified atom stereocenters. The summed E-state index contributed by atoms with van der Waals surface area (Å²) < 4.78 is 7.25. The van der Waals surface area contributed by atoms with Crippen LogP contribution in [0.3, 0.4) is 0 Å². The van der Waals surface area contributed by atoms with Gasteiger partial charge in [-0.1, -0.05) is 11.6 Å². The second-order valence-corrected chi connectivity index (χ2v) is 6.27. The Labute approximate surface area is 160 Å². The van der Waals surface area contributed by atoms with Gasteiger partial charge in [0.1, 0.15) is 11.3 Å². The number of rotatable bonds is 5. The molecule has 1 atom stereocenters. The Morgan fingerprint density at radius 1 is 1.44 bits per heavy atom. The molecule has 3 heterocycles. The minimum Gasteiger partial charge on any atom is -0.494 e. The summed E-state index contributed by atoms with van der Waals surface area (Å²) in [4.78, 5) is 17.0. The van der Waals surface area contributed by atoms with Gasteiger partial charge in [-0.2, -0.15) is 5.10 Å². The van der Waals surface area contributed by atoms with Crippen molar-refractivity contribution in [1.29, 1.82) is 0 Å². The molecule has 138 valence electrons. The van der Waals surface area contributed by atoms with Gasteiger partial charge in [0.2, 0.25) is 0 Å². The van der Waals surface area contributed by atoms with Gasteiger partial charge in [-0.05, 0) is 31.2 Å². The minimum absolute atomic E-state index is 0.301. The van der Waals surface area contributed by atoms with Crippen LogP contribution in [0.4, 0.5) is 0 Å². The molecule has 0 aliphatic carbocycles. The number of hydrogen-bond acceptors (Lipinski definition) is 6. The summed E-state index contributed by atoms with van der Waals surface area (Å²) in [6.07, 6.45) is 6.54. The van der Waals surface area contributed by atoms with E-state index in [2.05, 4.69) is 26.3 Å².